The van der Waals surface area contributed by atoms with Crippen molar-refractivity contribution in [2.45, 2.75) is 6.92 Å². The summed E-state index contributed by atoms with van der Waals surface area (Å²) in [4.78, 5) is 13.7. The van der Waals surface area contributed by atoms with E-state index in [1.165, 1.54) is 6.07 Å². The molecule has 0 aliphatic carbocycles. The summed E-state index contributed by atoms with van der Waals surface area (Å²) in [6, 6.07) is 18.9. The summed E-state index contributed by atoms with van der Waals surface area (Å²) in [6.07, 6.45) is 0. The Morgan fingerprint density at radius 3 is 1.97 bits per heavy atom. The Kier molecular flexibility index (Phi) is 7.05. The molecule has 0 aliphatic heterocycles. The molecule has 0 radical (unpaired) electrons. The molecule has 3 aromatic carbocycles. The number of nitrogens with zero attached hydrogens (tertiary/aromatic N) is 5. The average Bonchev–Trinajstić information content (AvgIpc) is 2.78. The molecule has 0 fully saturated rings. The van der Waals surface area contributed by atoms with E-state index in [4.69, 9.17) is 4.74 Å². The molecule has 0 aliphatic rings. The molecule has 0 bridgehead atoms. The molecule has 0 heterocycles. The van der Waals surface area contributed by atoms with Crippen LogP contribution in [0.5, 0.6) is 5.75 Å². The van der Waals surface area contributed by atoms with Crippen molar-refractivity contribution in [1.82, 2.24) is 0 Å². The van der Waals surface area contributed by atoms with E-state index in [1.54, 1.807) is 43.3 Å². The van der Waals surface area contributed by atoms with Crippen LogP contribution in [-0.2, 0) is 4.74 Å². The van der Waals surface area contributed by atoms with Gasteiger partial charge in [0, 0.05) is 25.8 Å². The number of carbonyl (C=O) groups excluding carboxylic acids is 1. The van der Waals surface area contributed by atoms with E-state index in [2.05, 4.69) is 20.5 Å². The highest BCUT2D eigenvalue weighted by Gasteiger charge is 2.06. The largest absolute Gasteiger partial charge is 0.506 e. The summed E-state index contributed by atoms with van der Waals surface area (Å²) in [5.74, 6) is -0.451. The predicted molar refractivity (Wildman–Crippen MR) is 120 cm³/mol. The topological polar surface area (TPSA) is 99.2 Å². The quantitative estimate of drug-likeness (QED) is 0.352. The molecule has 0 unspecified atom stereocenters. The van der Waals surface area contributed by atoms with Crippen LogP contribution >= 0.6 is 0 Å². The number of phenols is 1. The van der Waals surface area contributed by atoms with Crippen LogP contribution in [0.15, 0.2) is 87.2 Å². The summed E-state index contributed by atoms with van der Waals surface area (Å²) in [7, 11) is 3.94. The van der Waals surface area contributed by atoms with Crippen molar-refractivity contribution >= 4 is 34.4 Å². The highest BCUT2D eigenvalue weighted by molar-refractivity contribution is 5.89. The zero-order valence-electron chi connectivity index (χ0n) is 17.6. The zero-order chi connectivity index (χ0) is 22.2. The number of phenolic OH excluding ortho intramolecular Hbond substituents is 1. The van der Waals surface area contributed by atoms with Gasteiger partial charge in [0.15, 0.2) is 0 Å². The van der Waals surface area contributed by atoms with E-state index in [-0.39, 0.29) is 11.7 Å². The number of benzene rings is 3. The smallest absolute Gasteiger partial charge is 0.338 e. The molecule has 158 valence electrons. The molecule has 0 saturated carbocycles. The Hall–Kier alpha value is -4.07. The first kappa shape index (κ1) is 21.6. The van der Waals surface area contributed by atoms with Crippen LogP contribution in [0.2, 0.25) is 0 Å². The lowest BCUT2D eigenvalue weighted by molar-refractivity contribution is 0.0526. The van der Waals surface area contributed by atoms with Gasteiger partial charge in [-0.25, -0.2) is 4.79 Å². The van der Waals surface area contributed by atoms with Crippen molar-refractivity contribution in [3.8, 4) is 5.75 Å². The first-order chi connectivity index (χ1) is 15.0. The second-order valence-electron chi connectivity index (χ2n) is 6.75. The van der Waals surface area contributed by atoms with E-state index in [0.717, 1.165) is 5.69 Å². The number of anilines is 1. The van der Waals surface area contributed by atoms with E-state index in [0.29, 0.717) is 34.9 Å². The molecule has 0 atom stereocenters. The van der Waals surface area contributed by atoms with Crippen molar-refractivity contribution in [2.24, 2.45) is 20.5 Å². The summed E-state index contributed by atoms with van der Waals surface area (Å²) in [5, 5.41) is 26.7. The molecule has 1 N–H and O–H groups in total. The highest BCUT2D eigenvalue weighted by Crippen LogP contribution is 2.32. The number of azo groups is 2. The molecule has 31 heavy (non-hydrogen) atoms. The van der Waals surface area contributed by atoms with Gasteiger partial charge in [-0.2, -0.15) is 15.3 Å². The van der Waals surface area contributed by atoms with Gasteiger partial charge < -0.3 is 14.7 Å². The molecule has 0 saturated heterocycles. The van der Waals surface area contributed by atoms with Gasteiger partial charge in [0.25, 0.3) is 0 Å². The molecular weight excluding hydrogens is 394 g/mol. The number of rotatable bonds is 7. The molecule has 3 rings (SSSR count). The lowest BCUT2D eigenvalue weighted by Gasteiger charge is -2.11. The average molecular weight is 417 g/mol. The SMILES string of the molecule is CCOC(=O)c1ccc(N=Nc2ccc(N=Nc3ccc(N(C)C)cc3)cc2O)cc1. The summed E-state index contributed by atoms with van der Waals surface area (Å²) >= 11 is 0. The maximum absolute atomic E-state index is 11.7. The molecular formula is C23H23N5O3. The normalized spacial score (nSPS) is 11.2. The number of ether oxygens (including phenoxy) is 1. The van der Waals surface area contributed by atoms with Crippen LogP contribution in [0.4, 0.5) is 28.4 Å². The van der Waals surface area contributed by atoms with Crippen LogP contribution in [0, 0.1) is 0 Å². The van der Waals surface area contributed by atoms with Crippen molar-refractivity contribution in [3.63, 3.8) is 0 Å². The Morgan fingerprint density at radius 2 is 1.39 bits per heavy atom. The summed E-state index contributed by atoms with van der Waals surface area (Å²) < 4.78 is 4.94. The Morgan fingerprint density at radius 1 is 0.839 bits per heavy atom. The molecule has 0 spiro atoms. The minimum atomic E-state index is -0.387. The third-order valence-electron chi connectivity index (χ3n) is 4.26. The van der Waals surface area contributed by atoms with Crippen LogP contribution in [-0.4, -0.2) is 31.8 Å². The minimum Gasteiger partial charge on any atom is -0.506 e. The van der Waals surface area contributed by atoms with Gasteiger partial charge in [-0.1, -0.05) is 0 Å². The van der Waals surface area contributed by atoms with Crippen molar-refractivity contribution in [2.75, 3.05) is 25.6 Å². The van der Waals surface area contributed by atoms with Crippen LogP contribution < -0.4 is 4.90 Å². The first-order valence-corrected chi connectivity index (χ1v) is 9.67. The fourth-order valence-corrected chi connectivity index (χ4v) is 2.58. The summed E-state index contributed by atoms with van der Waals surface area (Å²) in [6.45, 7) is 2.07. The Balaban J connectivity index is 1.67. The fraction of sp³-hybridized carbons (Fsp3) is 0.174. The zero-order valence-corrected chi connectivity index (χ0v) is 17.6. The van der Waals surface area contributed by atoms with Crippen molar-refractivity contribution in [1.29, 1.82) is 0 Å². The second kappa shape index (κ2) is 10.1. The lowest BCUT2D eigenvalue weighted by Crippen LogP contribution is -2.07. The van der Waals surface area contributed by atoms with Gasteiger partial charge in [0.1, 0.15) is 11.4 Å². The molecule has 0 amide bonds. The van der Waals surface area contributed by atoms with Crippen LogP contribution in [0.3, 0.4) is 0 Å². The molecule has 8 heteroatoms. The van der Waals surface area contributed by atoms with Gasteiger partial charge >= 0.3 is 5.97 Å². The van der Waals surface area contributed by atoms with Gasteiger partial charge in [-0.15, -0.1) is 5.11 Å². The van der Waals surface area contributed by atoms with E-state index in [1.807, 2.05) is 43.3 Å². The Bertz CT molecular complexity index is 1090. The first-order valence-electron chi connectivity index (χ1n) is 9.67. The van der Waals surface area contributed by atoms with Crippen LogP contribution in [0.25, 0.3) is 0 Å². The molecule has 0 aromatic heterocycles. The van der Waals surface area contributed by atoms with Crippen molar-refractivity contribution < 1.29 is 14.6 Å². The number of esters is 1. The number of aromatic hydroxyl groups is 1. The maximum Gasteiger partial charge on any atom is 0.338 e. The van der Waals surface area contributed by atoms with Gasteiger partial charge in [-0.3, -0.25) is 0 Å². The standard InChI is InChI=1S/C23H23N5O3/c1-4-31-23(30)16-5-7-17(8-6-16)25-27-21-14-11-19(15-22(21)29)26-24-18-9-12-20(13-10-18)28(2)3/h5-15,29H,4H2,1-3H3. The molecule has 8 nitrogen and oxygen atoms in total. The van der Waals surface area contributed by atoms with Gasteiger partial charge in [0.05, 0.1) is 29.2 Å². The third kappa shape index (κ3) is 5.96. The maximum atomic E-state index is 11.7. The van der Waals surface area contributed by atoms with Crippen LogP contribution in [0.1, 0.15) is 17.3 Å². The minimum absolute atomic E-state index is 0.0636. The number of hydrogen-bond donors (Lipinski definition) is 1. The van der Waals surface area contributed by atoms with E-state index in [9.17, 15) is 9.90 Å². The molecule has 3 aromatic rings. The lowest BCUT2D eigenvalue weighted by atomic mass is 10.2. The van der Waals surface area contributed by atoms with E-state index >= 15 is 0 Å². The van der Waals surface area contributed by atoms with Gasteiger partial charge in [0.2, 0.25) is 0 Å². The van der Waals surface area contributed by atoms with Gasteiger partial charge in [-0.05, 0) is 67.6 Å². The second-order valence-corrected chi connectivity index (χ2v) is 6.75. The predicted octanol–water partition coefficient (Wildman–Crippen LogP) is 6.47. The monoisotopic (exact) mass is 417 g/mol. The fourth-order valence-electron chi connectivity index (χ4n) is 2.58. The van der Waals surface area contributed by atoms with Crippen molar-refractivity contribution in [3.05, 3.63) is 72.3 Å². The Labute approximate surface area is 180 Å². The number of hydrogen-bond acceptors (Lipinski definition) is 8. The number of carbonyl (C=O) groups is 1. The summed E-state index contributed by atoms with van der Waals surface area (Å²) in [5.41, 5.74) is 3.55. The van der Waals surface area contributed by atoms with E-state index < -0.39 is 0 Å². The third-order valence-corrected chi connectivity index (χ3v) is 4.26. The highest BCUT2D eigenvalue weighted by atomic mass is 16.5.